The number of carbonyl (C=O) groups is 1. The van der Waals surface area contributed by atoms with Gasteiger partial charge >= 0.3 is 0 Å². The molecular weight excluding hydrogens is 202 g/mol. The van der Waals surface area contributed by atoms with Crippen LogP contribution >= 0.6 is 0 Å². The number of benzene rings is 2. The van der Waals surface area contributed by atoms with E-state index in [2.05, 4.69) is 29.7 Å². The van der Waals surface area contributed by atoms with Crippen LogP contribution in [0.2, 0.25) is 0 Å². The van der Waals surface area contributed by atoms with E-state index in [-0.39, 0.29) is 0 Å². The third-order valence-corrected chi connectivity index (χ3v) is 2.48. The molecule has 0 aromatic heterocycles. The molecule has 0 aliphatic rings. The summed E-state index contributed by atoms with van der Waals surface area (Å²) in [5.74, 6) is 0. The fourth-order valence-corrected chi connectivity index (χ4v) is 1.76. The van der Waals surface area contributed by atoms with Crippen LogP contribution in [0, 0.1) is 0 Å². The Morgan fingerprint density at radius 1 is 1.12 bits per heavy atom. The number of hydrogen-bond acceptors (Lipinski definition) is 2. The van der Waals surface area contributed by atoms with Gasteiger partial charge in [0.25, 0.3) is 0 Å². The Morgan fingerprint density at radius 3 is 2.81 bits per heavy atom. The highest BCUT2D eigenvalue weighted by Gasteiger charge is 1.99. The Morgan fingerprint density at radius 2 is 1.94 bits per heavy atom. The Balaban J connectivity index is 2.14. The molecule has 0 spiro atoms. The van der Waals surface area contributed by atoms with Gasteiger partial charge in [0.2, 0.25) is 6.41 Å². The molecule has 0 unspecified atom stereocenters. The van der Waals surface area contributed by atoms with Crippen LogP contribution in [-0.2, 0) is 16.1 Å². The lowest BCUT2D eigenvalue weighted by molar-refractivity contribution is -0.120. The molecular formula is C13H13NO2. The summed E-state index contributed by atoms with van der Waals surface area (Å²) >= 11 is 0. The minimum absolute atomic E-state index is 0.479. The van der Waals surface area contributed by atoms with E-state index in [0.29, 0.717) is 13.0 Å². The molecule has 2 aromatic rings. The van der Waals surface area contributed by atoms with E-state index in [1.165, 1.54) is 16.3 Å². The average Bonchev–Trinajstić information content (AvgIpc) is 2.35. The van der Waals surface area contributed by atoms with Crippen molar-refractivity contribution in [3.05, 3.63) is 48.0 Å². The van der Waals surface area contributed by atoms with E-state index in [1.807, 2.05) is 18.2 Å². The topological polar surface area (TPSA) is 38.3 Å². The lowest BCUT2D eigenvalue weighted by Gasteiger charge is -2.06. The lowest BCUT2D eigenvalue weighted by atomic mass is 10.0. The molecule has 16 heavy (non-hydrogen) atoms. The number of hydrogen-bond donors (Lipinski definition) is 1. The molecule has 1 amide bonds. The van der Waals surface area contributed by atoms with E-state index < -0.39 is 0 Å². The SMILES string of the molecule is O=CNOCCc1cccc2ccccc12. The number of fused-ring (bicyclic) bond motifs is 1. The van der Waals surface area contributed by atoms with Crippen LogP contribution in [0.1, 0.15) is 5.56 Å². The van der Waals surface area contributed by atoms with Crippen LogP contribution in [0.25, 0.3) is 10.8 Å². The van der Waals surface area contributed by atoms with Crippen molar-refractivity contribution in [1.82, 2.24) is 5.48 Å². The fraction of sp³-hybridized carbons (Fsp3) is 0.154. The van der Waals surface area contributed by atoms with E-state index in [1.54, 1.807) is 0 Å². The van der Waals surface area contributed by atoms with Gasteiger partial charge in [-0.25, -0.2) is 5.48 Å². The van der Waals surface area contributed by atoms with Crippen molar-refractivity contribution in [3.8, 4) is 0 Å². The first-order chi connectivity index (χ1) is 7.92. The zero-order valence-corrected chi connectivity index (χ0v) is 8.85. The lowest BCUT2D eigenvalue weighted by Crippen LogP contribution is -2.13. The van der Waals surface area contributed by atoms with Crippen LogP contribution in [0.4, 0.5) is 0 Å². The van der Waals surface area contributed by atoms with Gasteiger partial charge in [-0.3, -0.25) is 9.63 Å². The second kappa shape index (κ2) is 5.28. The van der Waals surface area contributed by atoms with Gasteiger partial charge in [-0.2, -0.15) is 0 Å². The quantitative estimate of drug-likeness (QED) is 0.471. The highest BCUT2D eigenvalue weighted by atomic mass is 16.6. The minimum atomic E-state index is 0.479. The van der Waals surface area contributed by atoms with Crippen LogP contribution in [0.5, 0.6) is 0 Å². The predicted molar refractivity (Wildman–Crippen MR) is 62.8 cm³/mol. The average molecular weight is 215 g/mol. The molecule has 0 heterocycles. The summed E-state index contributed by atoms with van der Waals surface area (Å²) in [6.45, 7) is 0.479. The number of rotatable bonds is 5. The summed E-state index contributed by atoms with van der Waals surface area (Å²) in [6.07, 6.45) is 1.31. The number of amides is 1. The van der Waals surface area contributed by atoms with Gasteiger partial charge in [-0.15, -0.1) is 0 Å². The van der Waals surface area contributed by atoms with E-state index in [0.717, 1.165) is 6.42 Å². The molecule has 82 valence electrons. The minimum Gasteiger partial charge on any atom is -0.277 e. The second-order valence-electron chi connectivity index (χ2n) is 3.47. The highest BCUT2D eigenvalue weighted by Crippen LogP contribution is 2.18. The van der Waals surface area contributed by atoms with Gasteiger partial charge in [-0.1, -0.05) is 42.5 Å². The summed E-state index contributed by atoms with van der Waals surface area (Å²) in [5, 5.41) is 2.46. The smallest absolute Gasteiger partial charge is 0.230 e. The first kappa shape index (κ1) is 10.6. The predicted octanol–water partition coefficient (Wildman–Crippen LogP) is 2.06. The highest BCUT2D eigenvalue weighted by molar-refractivity contribution is 5.85. The maximum absolute atomic E-state index is 9.99. The van der Waals surface area contributed by atoms with Crippen molar-refractivity contribution < 1.29 is 9.63 Å². The number of carbonyl (C=O) groups excluding carboxylic acids is 1. The summed E-state index contributed by atoms with van der Waals surface area (Å²) < 4.78 is 0. The Bertz CT molecular complexity index is 477. The molecule has 2 aromatic carbocycles. The van der Waals surface area contributed by atoms with Crippen molar-refractivity contribution in [2.75, 3.05) is 6.61 Å². The standard InChI is InChI=1S/C13H13NO2/c15-10-14-16-9-8-12-6-3-5-11-4-1-2-7-13(11)12/h1-7,10H,8-9H2,(H,14,15). The number of nitrogens with one attached hydrogen (secondary N) is 1. The number of hydroxylamine groups is 1. The Labute approximate surface area is 94.0 Å². The molecule has 3 heteroatoms. The molecule has 0 saturated carbocycles. The van der Waals surface area contributed by atoms with Crippen LogP contribution in [0.3, 0.4) is 0 Å². The van der Waals surface area contributed by atoms with E-state index in [4.69, 9.17) is 4.84 Å². The van der Waals surface area contributed by atoms with Crippen molar-refractivity contribution in [2.45, 2.75) is 6.42 Å². The second-order valence-corrected chi connectivity index (χ2v) is 3.47. The van der Waals surface area contributed by atoms with Gasteiger partial charge in [0.1, 0.15) is 0 Å². The molecule has 2 rings (SSSR count). The maximum Gasteiger partial charge on any atom is 0.230 e. The first-order valence-electron chi connectivity index (χ1n) is 5.19. The molecule has 0 atom stereocenters. The van der Waals surface area contributed by atoms with Gasteiger partial charge < -0.3 is 0 Å². The Kier molecular flexibility index (Phi) is 3.51. The maximum atomic E-state index is 9.99. The third kappa shape index (κ3) is 2.38. The summed E-state index contributed by atoms with van der Waals surface area (Å²) in [7, 11) is 0. The first-order valence-corrected chi connectivity index (χ1v) is 5.19. The van der Waals surface area contributed by atoms with Crippen molar-refractivity contribution >= 4 is 17.2 Å². The normalized spacial score (nSPS) is 10.2. The summed E-state index contributed by atoms with van der Waals surface area (Å²) in [4.78, 5) is 14.9. The van der Waals surface area contributed by atoms with E-state index >= 15 is 0 Å². The van der Waals surface area contributed by atoms with Gasteiger partial charge in [0, 0.05) is 0 Å². The van der Waals surface area contributed by atoms with Crippen LogP contribution < -0.4 is 5.48 Å². The molecule has 0 aliphatic carbocycles. The zero-order valence-electron chi connectivity index (χ0n) is 8.85. The summed E-state index contributed by atoms with van der Waals surface area (Å²) in [6, 6.07) is 14.4. The van der Waals surface area contributed by atoms with Crippen molar-refractivity contribution in [2.24, 2.45) is 0 Å². The van der Waals surface area contributed by atoms with Gasteiger partial charge in [-0.05, 0) is 22.8 Å². The Hall–Kier alpha value is -1.87. The molecule has 0 fully saturated rings. The molecule has 0 radical (unpaired) electrons. The fourth-order valence-electron chi connectivity index (χ4n) is 1.76. The molecule has 0 aliphatic heterocycles. The molecule has 0 bridgehead atoms. The van der Waals surface area contributed by atoms with E-state index in [9.17, 15) is 4.79 Å². The molecule has 0 saturated heterocycles. The largest absolute Gasteiger partial charge is 0.277 e. The monoisotopic (exact) mass is 215 g/mol. The van der Waals surface area contributed by atoms with Gasteiger partial charge in [0.15, 0.2) is 0 Å². The van der Waals surface area contributed by atoms with Crippen LogP contribution in [0.15, 0.2) is 42.5 Å². The van der Waals surface area contributed by atoms with Crippen LogP contribution in [-0.4, -0.2) is 13.0 Å². The summed E-state index contributed by atoms with van der Waals surface area (Å²) in [5.41, 5.74) is 3.41. The molecule has 1 N–H and O–H groups in total. The van der Waals surface area contributed by atoms with Crippen molar-refractivity contribution in [1.29, 1.82) is 0 Å². The zero-order chi connectivity index (χ0) is 11.2. The van der Waals surface area contributed by atoms with Gasteiger partial charge in [0.05, 0.1) is 6.61 Å². The molecule has 3 nitrogen and oxygen atoms in total. The third-order valence-electron chi connectivity index (χ3n) is 2.48. The van der Waals surface area contributed by atoms with Crippen molar-refractivity contribution in [3.63, 3.8) is 0 Å².